The fourth-order valence-corrected chi connectivity index (χ4v) is 4.69. The Bertz CT molecular complexity index is 1660. The Kier molecular flexibility index (Phi) is 9.51. The number of allylic oxidation sites excluding steroid dienone is 1. The van der Waals surface area contributed by atoms with Gasteiger partial charge in [0.05, 0.1) is 57.6 Å². The molecule has 14 heteroatoms. The smallest absolute Gasteiger partial charge is 0.416 e. The number of quaternary nitrogens is 1. The molecule has 1 aliphatic rings. The third-order valence-electron chi connectivity index (χ3n) is 6.60. The van der Waals surface area contributed by atoms with E-state index in [1.165, 1.54) is 28.7 Å². The second-order valence-electron chi connectivity index (χ2n) is 10.8. The van der Waals surface area contributed by atoms with Crippen LogP contribution in [0, 0.1) is 11.3 Å². The minimum Gasteiger partial charge on any atom is -0.550 e. The van der Waals surface area contributed by atoms with Crippen LogP contribution in [0.2, 0.25) is 0 Å². The van der Waals surface area contributed by atoms with Gasteiger partial charge in [0.2, 0.25) is 5.95 Å². The number of nitrogens with one attached hydrogen (secondary N) is 1. The highest BCUT2D eigenvalue weighted by Crippen LogP contribution is 2.43. The number of methoxy groups -OCH3 is 1. The molecule has 0 amide bonds. The average molecular weight is 601 g/mol. The first-order valence-corrected chi connectivity index (χ1v) is 12.9. The number of halogens is 3. The summed E-state index contributed by atoms with van der Waals surface area (Å²) in [5.74, 6) is -1.83. The van der Waals surface area contributed by atoms with Crippen molar-refractivity contribution in [2.45, 2.75) is 32.5 Å². The van der Waals surface area contributed by atoms with Crippen molar-refractivity contribution in [3.05, 3.63) is 86.5 Å². The van der Waals surface area contributed by atoms with Crippen molar-refractivity contribution in [2.24, 2.45) is 0 Å². The normalized spacial score (nSPS) is 14.8. The van der Waals surface area contributed by atoms with Crippen molar-refractivity contribution in [1.29, 1.82) is 5.26 Å². The van der Waals surface area contributed by atoms with E-state index in [9.17, 15) is 28.0 Å². The van der Waals surface area contributed by atoms with Gasteiger partial charge in [0.25, 0.3) is 0 Å². The summed E-state index contributed by atoms with van der Waals surface area (Å²) in [4.78, 5) is 36.7. The lowest BCUT2D eigenvalue weighted by Crippen LogP contribution is -2.39. The summed E-state index contributed by atoms with van der Waals surface area (Å²) in [7, 11) is 7.25. The molecule has 0 spiro atoms. The Hall–Kier alpha value is -4.90. The summed E-state index contributed by atoms with van der Waals surface area (Å²) in [6, 6.07) is 10.7. The van der Waals surface area contributed by atoms with E-state index in [1.807, 2.05) is 21.1 Å². The average Bonchev–Trinajstić information content (AvgIpc) is 3.30. The van der Waals surface area contributed by atoms with E-state index in [1.54, 1.807) is 25.1 Å². The number of carbonyl (C=O) groups is 2. The maximum Gasteiger partial charge on any atom is 0.416 e. The first-order valence-electron chi connectivity index (χ1n) is 12.9. The molecule has 0 radical (unpaired) electrons. The number of alkyl halides is 3. The summed E-state index contributed by atoms with van der Waals surface area (Å²) in [5, 5.41) is 24.9. The van der Waals surface area contributed by atoms with Gasteiger partial charge in [0, 0.05) is 23.8 Å². The number of nitriles is 1. The fraction of sp³-hybridized carbons (Fsp3) is 0.345. The van der Waals surface area contributed by atoms with Crippen LogP contribution in [-0.4, -0.2) is 66.0 Å². The van der Waals surface area contributed by atoms with Gasteiger partial charge in [-0.25, -0.2) is 19.3 Å². The topological polar surface area (TPSA) is 144 Å². The number of esters is 1. The van der Waals surface area contributed by atoms with E-state index in [0.717, 1.165) is 24.6 Å². The molecule has 0 fully saturated rings. The molecule has 1 aliphatic heterocycles. The largest absolute Gasteiger partial charge is 0.550 e. The molecule has 3 aromatic rings. The van der Waals surface area contributed by atoms with Crippen LogP contribution in [0.1, 0.15) is 42.1 Å². The molecule has 0 saturated carbocycles. The second kappa shape index (κ2) is 12.5. The zero-order valence-electron chi connectivity index (χ0n) is 24.4. The minimum absolute atomic E-state index is 0.0105. The highest BCUT2D eigenvalue weighted by atomic mass is 19.4. The van der Waals surface area contributed by atoms with Crippen molar-refractivity contribution in [1.82, 2.24) is 14.8 Å². The molecule has 1 unspecified atom stereocenters. The molecule has 43 heavy (non-hydrogen) atoms. The molecule has 0 saturated heterocycles. The van der Waals surface area contributed by atoms with Gasteiger partial charge in [-0.05, 0) is 55.3 Å². The number of H-pyrrole nitrogens is 1. The van der Waals surface area contributed by atoms with Gasteiger partial charge in [-0.3, -0.25) is 4.90 Å². The van der Waals surface area contributed by atoms with Crippen LogP contribution in [0.3, 0.4) is 0 Å². The molecule has 2 aromatic carbocycles. The van der Waals surface area contributed by atoms with E-state index >= 15 is 0 Å². The molecule has 1 aromatic heterocycles. The SMILES string of the molecule is CC(=O)[O-].COC(=O)C1=C(C)N(c2cccc(C(F)(F)F)c2)c2n[nH]c(=O)n2C1c1ccc(C#N)cc1CC[N+](C)(C)C. The van der Waals surface area contributed by atoms with Gasteiger partial charge in [-0.15, -0.1) is 5.10 Å². The Labute approximate surface area is 245 Å². The summed E-state index contributed by atoms with van der Waals surface area (Å²) in [6.07, 6.45) is -4.08. The second-order valence-corrected chi connectivity index (χ2v) is 10.8. The van der Waals surface area contributed by atoms with E-state index in [0.29, 0.717) is 28.6 Å². The standard InChI is InChI=1S/C27H27F3N6O3.C2H4O2/c1-16-22(24(37)39-5)23(21-10-9-17(15-31)13-18(21)11-12-36(2,3)4)35-25(32-33-26(35)38)34(16)20-8-6-7-19(14-20)27(28,29)30;1-2(3)4/h6-10,13-14,23H,11-12H2,1-5H3;1H3,(H,3,4). The predicted octanol–water partition coefficient (Wildman–Crippen LogP) is 2.65. The van der Waals surface area contributed by atoms with Crippen molar-refractivity contribution in [3.8, 4) is 6.07 Å². The molecule has 2 heterocycles. The maximum atomic E-state index is 13.5. The number of fused-ring (bicyclic) bond motifs is 1. The number of nitrogens with zero attached hydrogens (tertiary/aromatic N) is 5. The number of hydrogen-bond donors (Lipinski definition) is 1. The number of carboxylic acids is 1. The monoisotopic (exact) mass is 600 g/mol. The Balaban J connectivity index is 0.00000119. The molecule has 11 nitrogen and oxygen atoms in total. The quantitative estimate of drug-likeness (QED) is 0.336. The van der Waals surface area contributed by atoms with Gasteiger partial charge in [0.15, 0.2) is 0 Å². The predicted molar refractivity (Wildman–Crippen MR) is 148 cm³/mol. The number of ether oxygens (including phenoxy) is 1. The molecule has 1 atom stereocenters. The van der Waals surface area contributed by atoms with Crippen LogP contribution in [0.5, 0.6) is 0 Å². The van der Waals surface area contributed by atoms with E-state index < -0.39 is 35.4 Å². The Morgan fingerprint density at radius 3 is 2.40 bits per heavy atom. The third kappa shape index (κ3) is 7.31. The van der Waals surface area contributed by atoms with Gasteiger partial charge < -0.3 is 19.1 Å². The molecular weight excluding hydrogens is 569 g/mol. The van der Waals surface area contributed by atoms with Crippen molar-refractivity contribution in [2.75, 3.05) is 39.7 Å². The van der Waals surface area contributed by atoms with Gasteiger partial charge in [-0.2, -0.15) is 18.4 Å². The van der Waals surface area contributed by atoms with Crippen LogP contribution in [-0.2, 0) is 26.9 Å². The number of likely N-dealkylation sites (N-methyl/N-ethyl adjacent to an activating group) is 1. The summed E-state index contributed by atoms with van der Waals surface area (Å²) >= 11 is 0. The van der Waals surface area contributed by atoms with Gasteiger partial charge in [-0.1, -0.05) is 12.1 Å². The number of benzene rings is 2. The lowest BCUT2D eigenvalue weighted by molar-refractivity contribution is -0.870. The first kappa shape index (κ1) is 32.6. The third-order valence-corrected chi connectivity index (χ3v) is 6.60. The summed E-state index contributed by atoms with van der Waals surface area (Å²) in [5.41, 5.74) is 0.547. The van der Waals surface area contributed by atoms with Gasteiger partial charge in [0.1, 0.15) is 6.04 Å². The van der Waals surface area contributed by atoms with E-state index in [-0.39, 0.29) is 22.9 Å². The lowest BCUT2D eigenvalue weighted by Gasteiger charge is -2.36. The Morgan fingerprint density at radius 1 is 1.19 bits per heavy atom. The van der Waals surface area contributed by atoms with Crippen molar-refractivity contribution in [3.63, 3.8) is 0 Å². The zero-order chi connectivity index (χ0) is 32.3. The van der Waals surface area contributed by atoms with Crippen LogP contribution >= 0.6 is 0 Å². The van der Waals surface area contributed by atoms with E-state index in [4.69, 9.17) is 14.6 Å². The van der Waals surface area contributed by atoms with E-state index in [2.05, 4.69) is 16.3 Å². The molecule has 0 aliphatic carbocycles. The fourth-order valence-electron chi connectivity index (χ4n) is 4.69. The number of carboxylic acid groups (broad SMARTS) is 1. The van der Waals surface area contributed by atoms with Crippen LogP contribution < -0.4 is 15.7 Å². The van der Waals surface area contributed by atoms with Crippen molar-refractivity contribution >= 4 is 23.6 Å². The zero-order valence-corrected chi connectivity index (χ0v) is 24.4. The van der Waals surface area contributed by atoms with Gasteiger partial charge >= 0.3 is 17.8 Å². The molecule has 4 rings (SSSR count). The number of rotatable bonds is 6. The van der Waals surface area contributed by atoms with Crippen LogP contribution in [0.4, 0.5) is 24.8 Å². The minimum atomic E-state index is -4.61. The van der Waals surface area contributed by atoms with Crippen LogP contribution in [0.25, 0.3) is 0 Å². The molecular formula is C29H31F3N6O5. The van der Waals surface area contributed by atoms with Crippen LogP contribution in [0.15, 0.2) is 58.5 Å². The molecule has 228 valence electrons. The highest BCUT2D eigenvalue weighted by molar-refractivity contribution is 5.93. The highest BCUT2D eigenvalue weighted by Gasteiger charge is 2.41. The maximum absolute atomic E-state index is 13.5. The Morgan fingerprint density at radius 2 is 1.84 bits per heavy atom. The number of aromatic amines is 1. The number of aliphatic carboxylic acids is 1. The summed E-state index contributed by atoms with van der Waals surface area (Å²) in [6.45, 7) is 3.23. The number of anilines is 2. The molecule has 1 N–H and O–H groups in total. The first-order chi connectivity index (χ1) is 20.0. The number of aromatic nitrogens is 3. The molecule has 0 bridgehead atoms. The van der Waals surface area contributed by atoms with Crippen molar-refractivity contribution < 1.29 is 37.1 Å². The number of hydrogen-bond acceptors (Lipinski definition) is 8. The summed E-state index contributed by atoms with van der Waals surface area (Å²) < 4.78 is 47.6. The number of carbonyl (C=O) groups excluding carboxylic acids is 2. The lowest BCUT2D eigenvalue weighted by atomic mass is 9.89.